The van der Waals surface area contributed by atoms with Gasteiger partial charge in [0.1, 0.15) is 0 Å². The number of ether oxygens (including phenoxy) is 3. The largest absolute Gasteiger partial charge is 0.504 e. The van der Waals surface area contributed by atoms with Gasteiger partial charge in [-0.05, 0) is 112 Å². The number of hydrogen-bond acceptors (Lipinski definition) is 9. The van der Waals surface area contributed by atoms with E-state index in [2.05, 4.69) is 27.6 Å². The third-order valence-electron chi connectivity index (χ3n) is 9.03. The smallest absolute Gasteiger partial charge is 0.488 e. The predicted molar refractivity (Wildman–Crippen MR) is 181 cm³/mol. The van der Waals surface area contributed by atoms with Crippen LogP contribution in [0.2, 0.25) is 0 Å². The molecule has 0 bridgehead atoms. The van der Waals surface area contributed by atoms with E-state index >= 15 is 0 Å². The molecule has 2 aromatic carbocycles. The minimum atomic E-state index is -1.72. The second kappa shape index (κ2) is 13.7. The van der Waals surface area contributed by atoms with Gasteiger partial charge in [0, 0.05) is 19.2 Å². The molecule has 0 radical (unpaired) electrons. The molecule has 238 valence electrons. The Morgan fingerprint density at radius 1 is 1.11 bits per heavy atom. The Hall–Kier alpha value is -3.56. The summed E-state index contributed by atoms with van der Waals surface area (Å²) < 4.78 is 18.0. The molecule has 4 atom stereocenters. The first-order valence-corrected chi connectivity index (χ1v) is 16.1. The molecule has 3 aliphatic rings. The van der Waals surface area contributed by atoms with Gasteiger partial charge in [-0.2, -0.15) is 0 Å². The third kappa shape index (κ3) is 6.11. The lowest BCUT2D eigenvalue weighted by Crippen LogP contribution is -2.36. The number of benzene rings is 2. The molecule has 3 N–H and O–H groups in total. The van der Waals surface area contributed by atoms with Gasteiger partial charge in [0.25, 0.3) is 0 Å². The summed E-state index contributed by atoms with van der Waals surface area (Å²) in [6.07, 6.45) is 5.13. The van der Waals surface area contributed by atoms with E-state index in [0.717, 1.165) is 28.0 Å². The van der Waals surface area contributed by atoms with E-state index in [4.69, 9.17) is 14.2 Å². The minimum absolute atomic E-state index is 0.0930. The first-order valence-electron chi connectivity index (χ1n) is 15.1. The zero-order chi connectivity index (χ0) is 32.5. The Balaban J connectivity index is 1.29. The van der Waals surface area contributed by atoms with Gasteiger partial charge in [0.2, 0.25) is 11.8 Å². The van der Waals surface area contributed by atoms with Crippen LogP contribution in [0.15, 0.2) is 71.9 Å². The topological polar surface area (TPSA) is 139 Å². The van der Waals surface area contributed by atoms with E-state index in [0.29, 0.717) is 47.5 Å². The van der Waals surface area contributed by atoms with Gasteiger partial charge in [-0.15, -0.1) is 0 Å². The molecule has 2 saturated heterocycles. The van der Waals surface area contributed by atoms with Crippen molar-refractivity contribution in [1.29, 1.82) is 0 Å². The van der Waals surface area contributed by atoms with Crippen molar-refractivity contribution in [2.45, 2.75) is 25.4 Å². The van der Waals surface area contributed by atoms with Crippen molar-refractivity contribution in [3.63, 3.8) is 0 Å². The number of imide groups is 1. The molecule has 0 saturated carbocycles. The summed E-state index contributed by atoms with van der Waals surface area (Å²) >= 11 is 2.08. The number of amides is 2. The van der Waals surface area contributed by atoms with Crippen LogP contribution in [0.1, 0.15) is 30.5 Å². The Bertz CT molecular complexity index is 1710. The highest BCUT2D eigenvalue weighted by molar-refractivity contribution is 14.1. The minimum Gasteiger partial charge on any atom is -0.504 e. The average molecular weight is 736 g/mol. The Labute approximate surface area is 281 Å². The first-order chi connectivity index (χ1) is 22.2. The van der Waals surface area contributed by atoms with Gasteiger partial charge in [0.15, 0.2) is 11.5 Å². The number of anilines is 1. The van der Waals surface area contributed by atoms with Crippen molar-refractivity contribution in [3.05, 3.63) is 86.8 Å². The van der Waals surface area contributed by atoms with Crippen molar-refractivity contribution in [3.8, 4) is 11.5 Å². The lowest BCUT2D eigenvalue weighted by atomic mass is 9.69. The van der Waals surface area contributed by atoms with Crippen LogP contribution in [0.4, 0.5) is 5.69 Å². The van der Waals surface area contributed by atoms with E-state index in [1.54, 1.807) is 31.5 Å². The van der Waals surface area contributed by atoms with Crippen LogP contribution in [0.3, 0.4) is 0 Å². The number of allylic oxidation sites excluding steroid dienone is 1. The second-order valence-electron chi connectivity index (χ2n) is 11.7. The fourth-order valence-corrected chi connectivity index (χ4v) is 7.63. The van der Waals surface area contributed by atoms with E-state index in [-0.39, 0.29) is 35.0 Å². The number of rotatable bonds is 10. The highest BCUT2D eigenvalue weighted by Gasteiger charge is 2.57. The molecule has 6 rings (SSSR count). The standard InChI is InChI=1S/C34H34BIN2O8/c1-44-17-21-15-24-31(34(41)38(33(24)40)23-7-5-6-22(16-23)35(42)43)25-18-46-28(30(21)25)10-9-20(27-8-3-4-11-37-27)12-19-13-26(36)32(39)29(14-19)45-2/h3-8,11-14,16,24-25,28,31,39,42-43H,9-10,15,17-18H2,1-2H3/b20-12-/t24-,25+,28-,31-/m1/s1. The van der Waals surface area contributed by atoms with Crippen LogP contribution >= 0.6 is 22.6 Å². The van der Waals surface area contributed by atoms with Crippen molar-refractivity contribution < 1.29 is 39.0 Å². The maximum atomic E-state index is 13.9. The molecule has 0 spiro atoms. The van der Waals surface area contributed by atoms with Crippen molar-refractivity contribution in [2.24, 2.45) is 17.8 Å². The predicted octanol–water partition coefficient (Wildman–Crippen LogP) is 3.57. The number of methoxy groups -OCH3 is 2. The Morgan fingerprint density at radius 3 is 2.65 bits per heavy atom. The normalized spacial score (nSPS) is 22.7. The zero-order valence-corrected chi connectivity index (χ0v) is 27.6. The van der Waals surface area contributed by atoms with Crippen molar-refractivity contribution >= 4 is 64.3 Å². The van der Waals surface area contributed by atoms with Gasteiger partial charge in [0.05, 0.1) is 53.2 Å². The van der Waals surface area contributed by atoms with Gasteiger partial charge in [-0.3, -0.25) is 19.5 Å². The molecule has 1 aromatic heterocycles. The van der Waals surface area contributed by atoms with Crippen molar-refractivity contribution in [1.82, 2.24) is 4.98 Å². The number of aromatic hydroxyl groups is 1. The number of halogens is 1. The highest BCUT2D eigenvalue weighted by atomic mass is 127. The summed E-state index contributed by atoms with van der Waals surface area (Å²) in [6.45, 7) is 0.643. The molecular formula is C34H34BIN2O8. The average Bonchev–Trinajstić information content (AvgIpc) is 3.59. The van der Waals surface area contributed by atoms with E-state index in [1.165, 1.54) is 24.1 Å². The number of aromatic nitrogens is 1. The quantitative estimate of drug-likeness (QED) is 0.124. The van der Waals surface area contributed by atoms with Gasteiger partial charge in [-0.25, -0.2) is 0 Å². The molecule has 46 heavy (non-hydrogen) atoms. The molecule has 3 heterocycles. The summed E-state index contributed by atoms with van der Waals surface area (Å²) in [6, 6.07) is 15.7. The summed E-state index contributed by atoms with van der Waals surface area (Å²) in [4.78, 5) is 33.4. The Kier molecular flexibility index (Phi) is 9.62. The van der Waals surface area contributed by atoms with Crippen molar-refractivity contribution in [2.75, 3.05) is 32.3 Å². The number of pyridine rings is 1. The van der Waals surface area contributed by atoms with Gasteiger partial charge >= 0.3 is 7.12 Å². The Morgan fingerprint density at radius 2 is 1.93 bits per heavy atom. The zero-order valence-electron chi connectivity index (χ0n) is 25.4. The monoisotopic (exact) mass is 736 g/mol. The fraction of sp³-hybridized carbons (Fsp3) is 0.324. The number of fused-ring (bicyclic) bond motifs is 3. The molecule has 10 nitrogen and oxygen atoms in total. The molecule has 2 fully saturated rings. The number of carbonyl (C=O) groups excluding carboxylic acids is 2. The van der Waals surface area contributed by atoms with Crippen LogP contribution in [0.25, 0.3) is 11.6 Å². The lowest BCUT2D eigenvalue weighted by molar-refractivity contribution is -0.122. The highest BCUT2D eigenvalue weighted by Crippen LogP contribution is 2.50. The number of nitrogens with zero attached hydrogens (tertiary/aromatic N) is 2. The first kappa shape index (κ1) is 32.4. The number of hydrogen-bond donors (Lipinski definition) is 3. The summed E-state index contributed by atoms with van der Waals surface area (Å²) in [7, 11) is 1.42. The molecular weight excluding hydrogens is 702 g/mol. The molecule has 3 aromatic rings. The number of phenols is 1. The molecule has 2 amide bonds. The van der Waals surface area contributed by atoms with Crippen LogP contribution in [-0.4, -0.2) is 72.6 Å². The number of phenolic OH excluding ortho intramolecular Hbond substituents is 1. The SMILES string of the molecule is COCC1=C2[C@@H](CC/C(=C/c3cc(I)c(O)c(OC)c3)c3ccccn3)OC[C@@H]2[C@@H]2C(=O)N(c3cccc(B(O)O)c3)C(=O)[C@@H]2C1. The molecule has 1 aliphatic carbocycles. The van der Waals surface area contributed by atoms with E-state index < -0.39 is 19.0 Å². The van der Waals surface area contributed by atoms with Crippen LogP contribution in [0, 0.1) is 21.3 Å². The third-order valence-corrected chi connectivity index (χ3v) is 9.86. The molecule has 0 unspecified atom stereocenters. The van der Waals surface area contributed by atoms with Gasteiger partial charge < -0.3 is 29.4 Å². The number of carbonyl (C=O) groups is 2. The molecule has 2 aliphatic heterocycles. The lowest BCUT2D eigenvalue weighted by Gasteiger charge is -2.31. The van der Waals surface area contributed by atoms with E-state index in [9.17, 15) is 24.7 Å². The second-order valence-corrected chi connectivity index (χ2v) is 12.9. The summed E-state index contributed by atoms with van der Waals surface area (Å²) in [5.74, 6) is -1.51. The van der Waals surface area contributed by atoms with Gasteiger partial charge in [-0.1, -0.05) is 18.2 Å². The van der Waals surface area contributed by atoms with Crippen LogP contribution in [-0.2, 0) is 19.1 Å². The van der Waals surface area contributed by atoms with E-state index in [1.807, 2.05) is 30.3 Å². The summed E-state index contributed by atoms with van der Waals surface area (Å²) in [5.41, 5.74) is 5.20. The molecule has 12 heteroatoms. The maximum Gasteiger partial charge on any atom is 0.488 e. The fourth-order valence-electron chi connectivity index (χ4n) is 7.01. The van der Waals surface area contributed by atoms with Crippen LogP contribution < -0.4 is 15.1 Å². The summed E-state index contributed by atoms with van der Waals surface area (Å²) in [5, 5.41) is 29.7. The van der Waals surface area contributed by atoms with Crippen LogP contribution in [0.5, 0.6) is 11.5 Å². The maximum absolute atomic E-state index is 13.9.